The maximum Gasteiger partial charge on any atom is 0.329 e. The van der Waals surface area contributed by atoms with Gasteiger partial charge in [-0.15, -0.1) is 11.6 Å². The molecule has 0 spiro atoms. The number of anilines is 2. The summed E-state index contributed by atoms with van der Waals surface area (Å²) in [5, 5.41) is 7.78. The number of alkyl halides is 1. The minimum atomic E-state index is -1.16. The molecule has 1 aliphatic rings. The summed E-state index contributed by atoms with van der Waals surface area (Å²) in [5.74, 6) is -0.261. The Bertz CT molecular complexity index is 2050. The molecule has 0 saturated carbocycles. The van der Waals surface area contributed by atoms with Crippen LogP contribution in [0.4, 0.5) is 16.2 Å². The van der Waals surface area contributed by atoms with Crippen LogP contribution in [0.25, 0.3) is 21.7 Å². The van der Waals surface area contributed by atoms with Gasteiger partial charge in [0, 0.05) is 35.5 Å². The van der Waals surface area contributed by atoms with Gasteiger partial charge in [-0.2, -0.15) is 0 Å². The number of hydrogen-bond acceptors (Lipinski definition) is 9. The topological polar surface area (TPSA) is 158 Å². The minimum absolute atomic E-state index is 0.0467. The minimum Gasteiger partial charge on any atom is -0.493 e. The van der Waals surface area contributed by atoms with Gasteiger partial charge >= 0.3 is 18.0 Å². The molecular formula is C39H47ClN4O9. The molecule has 1 aliphatic heterocycles. The molecule has 0 saturated heterocycles. The summed E-state index contributed by atoms with van der Waals surface area (Å²) in [6.07, 6.45) is -0.172. The molecular weight excluding hydrogens is 704 g/mol. The Balaban J connectivity index is 1.49. The monoisotopic (exact) mass is 750 g/mol. The molecule has 2 atom stereocenters. The number of methoxy groups -OCH3 is 3. The molecule has 3 amide bonds. The van der Waals surface area contributed by atoms with Crippen LogP contribution in [0.15, 0.2) is 42.5 Å². The lowest BCUT2D eigenvalue weighted by Crippen LogP contribution is -2.46. The van der Waals surface area contributed by atoms with Gasteiger partial charge in [0.05, 0.1) is 38.2 Å². The van der Waals surface area contributed by atoms with Gasteiger partial charge in [0.15, 0.2) is 11.5 Å². The molecule has 0 radical (unpaired) electrons. The van der Waals surface area contributed by atoms with Crippen molar-refractivity contribution in [3.8, 4) is 17.2 Å². The smallest absolute Gasteiger partial charge is 0.329 e. The zero-order valence-corrected chi connectivity index (χ0v) is 32.3. The molecule has 0 fully saturated rings. The van der Waals surface area contributed by atoms with Crippen molar-refractivity contribution >= 4 is 68.5 Å². The lowest BCUT2D eigenvalue weighted by molar-refractivity contribution is -0.158. The Morgan fingerprint density at radius 1 is 0.906 bits per heavy atom. The number of fused-ring (bicyclic) bond motifs is 4. The Morgan fingerprint density at radius 2 is 1.57 bits per heavy atom. The number of amides is 3. The molecule has 4 aromatic rings. The van der Waals surface area contributed by atoms with E-state index in [1.165, 1.54) is 21.3 Å². The molecule has 1 aromatic heterocycles. The summed E-state index contributed by atoms with van der Waals surface area (Å²) in [6, 6.07) is 10.9. The summed E-state index contributed by atoms with van der Waals surface area (Å²) >= 11 is 6.52. The first kappa shape index (κ1) is 39.0. The van der Waals surface area contributed by atoms with E-state index in [9.17, 15) is 19.2 Å². The summed E-state index contributed by atoms with van der Waals surface area (Å²) in [5.41, 5.74) is 1.15. The quantitative estimate of drug-likeness (QED) is 0.106. The van der Waals surface area contributed by atoms with Crippen molar-refractivity contribution < 1.29 is 42.9 Å². The molecule has 0 aliphatic carbocycles. The van der Waals surface area contributed by atoms with E-state index < -0.39 is 35.2 Å². The number of hydrogen-bond donors (Lipinski definition) is 3. The molecule has 5 rings (SSSR count). The van der Waals surface area contributed by atoms with E-state index in [-0.39, 0.29) is 30.5 Å². The second-order valence-corrected chi connectivity index (χ2v) is 15.1. The Labute approximate surface area is 313 Å². The summed E-state index contributed by atoms with van der Waals surface area (Å²) in [7, 11) is 4.54. The van der Waals surface area contributed by atoms with Crippen LogP contribution in [0.5, 0.6) is 17.2 Å². The fourth-order valence-corrected chi connectivity index (χ4v) is 6.72. The van der Waals surface area contributed by atoms with Crippen LogP contribution in [-0.2, 0) is 19.1 Å². The number of urea groups is 1. The van der Waals surface area contributed by atoms with Crippen LogP contribution in [0.2, 0.25) is 0 Å². The van der Waals surface area contributed by atoms with Crippen LogP contribution in [0.1, 0.15) is 76.4 Å². The van der Waals surface area contributed by atoms with Crippen molar-refractivity contribution in [1.82, 2.24) is 10.3 Å². The van der Waals surface area contributed by atoms with Crippen LogP contribution >= 0.6 is 11.6 Å². The van der Waals surface area contributed by atoms with Crippen LogP contribution in [0, 0.1) is 0 Å². The molecule has 2 heterocycles. The van der Waals surface area contributed by atoms with E-state index in [4.69, 9.17) is 35.3 Å². The highest BCUT2D eigenvalue weighted by Crippen LogP contribution is 2.47. The van der Waals surface area contributed by atoms with Gasteiger partial charge in [-0.05, 0) is 77.1 Å². The molecule has 1 unspecified atom stereocenters. The van der Waals surface area contributed by atoms with E-state index in [0.717, 1.165) is 10.9 Å². The first-order valence-electron chi connectivity index (χ1n) is 17.3. The Kier molecular flexibility index (Phi) is 11.4. The van der Waals surface area contributed by atoms with Crippen molar-refractivity contribution in [2.24, 2.45) is 0 Å². The van der Waals surface area contributed by atoms with Crippen molar-refractivity contribution in [2.45, 2.75) is 77.5 Å². The van der Waals surface area contributed by atoms with Crippen LogP contribution < -0.4 is 29.7 Å². The number of carbonyl (C=O) groups excluding carboxylic acids is 4. The Hall–Kier alpha value is -5.17. The zero-order valence-electron chi connectivity index (χ0n) is 31.5. The highest BCUT2D eigenvalue weighted by molar-refractivity contribution is 6.20. The Morgan fingerprint density at radius 3 is 2.17 bits per heavy atom. The third-order valence-corrected chi connectivity index (χ3v) is 8.92. The molecule has 3 N–H and O–H groups in total. The zero-order chi connectivity index (χ0) is 38.8. The normalized spacial score (nSPS) is 14.8. The predicted octanol–water partition coefficient (Wildman–Crippen LogP) is 7.28. The molecule has 14 heteroatoms. The number of ether oxygens (including phenoxy) is 5. The van der Waals surface area contributed by atoms with E-state index in [2.05, 4.69) is 15.6 Å². The standard InChI is InChI=1S/C39H47ClN4O9/c1-38(2,3)52-30(45)15-14-25(36(47)53-39(4,5)6)42-37(48)43-26-18-28-31(24-13-11-10-12-23(24)26)22(19-40)20-44(28)35(46)27-16-21-17-29(49-7)33(50-8)34(51-9)32(21)41-27/h10-13,16-18,22,25,41H,14-15,19-20H2,1-9H3,(H2,42,43,48)/t22-,25?/m1/s1. The van der Waals surface area contributed by atoms with E-state index in [1.807, 2.05) is 24.3 Å². The van der Waals surface area contributed by atoms with Crippen molar-refractivity contribution in [3.05, 3.63) is 53.7 Å². The highest BCUT2D eigenvalue weighted by Gasteiger charge is 2.36. The van der Waals surface area contributed by atoms with Gasteiger partial charge in [-0.3, -0.25) is 9.59 Å². The fraction of sp³-hybridized carbons (Fsp3) is 0.436. The van der Waals surface area contributed by atoms with Gasteiger partial charge in [-0.25, -0.2) is 9.59 Å². The van der Waals surface area contributed by atoms with E-state index in [1.54, 1.807) is 64.6 Å². The molecule has 3 aromatic carbocycles. The van der Waals surface area contributed by atoms with Gasteiger partial charge in [-0.1, -0.05) is 24.3 Å². The molecule has 284 valence electrons. The van der Waals surface area contributed by atoms with E-state index in [0.29, 0.717) is 57.2 Å². The second kappa shape index (κ2) is 15.4. The number of nitrogens with one attached hydrogen (secondary N) is 3. The van der Waals surface area contributed by atoms with Crippen molar-refractivity contribution in [2.75, 3.05) is 44.0 Å². The second-order valence-electron chi connectivity index (χ2n) is 14.8. The molecule has 0 bridgehead atoms. The summed E-state index contributed by atoms with van der Waals surface area (Å²) in [4.78, 5) is 58.5. The largest absolute Gasteiger partial charge is 0.493 e. The summed E-state index contributed by atoms with van der Waals surface area (Å²) in [6.45, 7) is 10.7. The third kappa shape index (κ3) is 8.56. The van der Waals surface area contributed by atoms with E-state index >= 15 is 0 Å². The average Bonchev–Trinajstić information content (AvgIpc) is 3.69. The lowest BCUT2D eigenvalue weighted by atomic mass is 9.95. The maximum atomic E-state index is 14.3. The maximum absolute atomic E-state index is 14.3. The van der Waals surface area contributed by atoms with Gasteiger partial charge in [0.2, 0.25) is 5.75 Å². The number of halogens is 1. The van der Waals surface area contributed by atoms with Gasteiger partial charge in [0.25, 0.3) is 5.91 Å². The number of aromatic nitrogens is 1. The predicted molar refractivity (Wildman–Crippen MR) is 204 cm³/mol. The average molecular weight is 751 g/mol. The number of carbonyl (C=O) groups is 4. The summed E-state index contributed by atoms with van der Waals surface area (Å²) < 4.78 is 27.6. The highest BCUT2D eigenvalue weighted by atomic mass is 35.5. The first-order chi connectivity index (χ1) is 25.0. The van der Waals surface area contributed by atoms with Crippen molar-refractivity contribution in [1.29, 1.82) is 0 Å². The third-order valence-electron chi connectivity index (χ3n) is 8.55. The SMILES string of the molecule is COc1cc2cc(C(=O)N3C[C@@H](CCl)c4c3cc(NC(=O)NC(CCC(=O)OC(C)(C)C)C(=O)OC(C)(C)C)c3ccccc43)[nH]c2c(OC)c1OC. The number of benzene rings is 3. The van der Waals surface area contributed by atoms with Crippen LogP contribution in [0.3, 0.4) is 0 Å². The fourth-order valence-electron chi connectivity index (χ4n) is 6.47. The number of nitrogens with zero attached hydrogens (tertiary/aromatic N) is 1. The van der Waals surface area contributed by atoms with Crippen molar-refractivity contribution in [3.63, 3.8) is 0 Å². The number of rotatable bonds is 11. The lowest BCUT2D eigenvalue weighted by Gasteiger charge is -2.25. The first-order valence-corrected chi connectivity index (χ1v) is 17.8. The van der Waals surface area contributed by atoms with Gasteiger partial charge < -0.3 is 44.2 Å². The molecule has 53 heavy (non-hydrogen) atoms. The number of aromatic amines is 1. The number of esters is 2. The van der Waals surface area contributed by atoms with Crippen LogP contribution in [-0.4, -0.2) is 79.9 Å². The molecule has 13 nitrogen and oxygen atoms in total. The van der Waals surface area contributed by atoms with Gasteiger partial charge in [0.1, 0.15) is 22.9 Å². The number of H-pyrrole nitrogens is 1.